The van der Waals surface area contributed by atoms with Crippen LogP contribution in [0.15, 0.2) is 47.4 Å². The highest BCUT2D eigenvalue weighted by Gasteiger charge is 2.23. The van der Waals surface area contributed by atoms with Gasteiger partial charge in [-0.25, -0.2) is 0 Å². The molecule has 8 heteroatoms. The van der Waals surface area contributed by atoms with Crippen LogP contribution >= 0.6 is 0 Å². The highest BCUT2D eigenvalue weighted by Crippen LogP contribution is 2.35. The first-order chi connectivity index (χ1) is 10.5. The van der Waals surface area contributed by atoms with Gasteiger partial charge in [-0.15, -0.1) is 10.2 Å². The molecule has 0 aliphatic heterocycles. The molecule has 0 amide bonds. The second-order valence-corrected chi connectivity index (χ2v) is 6.15. The van der Waals surface area contributed by atoms with Crippen molar-refractivity contribution in [1.82, 2.24) is 20.6 Å². The Morgan fingerprint density at radius 2 is 1.82 bits per heavy atom. The standard InChI is InChI=1S/C14H12N4O3S/c1-9-5-7-10(8-6-9)11-3-2-4-12(22(19,20)21)13(11)14-15-17-18-16-14/h2-8H,1H3,(H,19,20,21)(H,15,16,17,18). The molecule has 7 nitrogen and oxygen atoms in total. The van der Waals surface area contributed by atoms with E-state index in [9.17, 15) is 13.0 Å². The zero-order valence-corrected chi connectivity index (χ0v) is 12.4. The molecule has 112 valence electrons. The Balaban J connectivity index is 2.34. The monoisotopic (exact) mass is 316 g/mol. The number of H-pyrrole nitrogens is 1. The molecule has 0 bridgehead atoms. The van der Waals surface area contributed by atoms with Gasteiger partial charge in [-0.05, 0) is 29.3 Å². The van der Waals surface area contributed by atoms with Crippen LogP contribution in [-0.4, -0.2) is 33.6 Å². The third kappa shape index (κ3) is 2.61. The van der Waals surface area contributed by atoms with Crippen LogP contribution in [0, 0.1) is 6.92 Å². The zero-order valence-electron chi connectivity index (χ0n) is 11.6. The van der Waals surface area contributed by atoms with Crippen molar-refractivity contribution in [2.75, 3.05) is 0 Å². The molecule has 1 heterocycles. The second kappa shape index (κ2) is 5.32. The third-order valence-corrected chi connectivity index (χ3v) is 4.13. The molecule has 0 radical (unpaired) electrons. The lowest BCUT2D eigenvalue weighted by atomic mass is 9.98. The van der Waals surface area contributed by atoms with Crippen LogP contribution in [0.25, 0.3) is 22.5 Å². The fraction of sp³-hybridized carbons (Fsp3) is 0.0714. The Kier molecular flexibility index (Phi) is 3.47. The highest BCUT2D eigenvalue weighted by molar-refractivity contribution is 7.86. The maximum Gasteiger partial charge on any atom is 0.295 e. The van der Waals surface area contributed by atoms with E-state index in [1.807, 2.05) is 31.2 Å². The molecule has 0 fully saturated rings. The molecule has 0 atom stereocenters. The minimum atomic E-state index is -4.42. The Bertz CT molecular complexity index is 904. The van der Waals surface area contributed by atoms with E-state index in [2.05, 4.69) is 20.6 Å². The van der Waals surface area contributed by atoms with Crippen LogP contribution in [-0.2, 0) is 10.1 Å². The van der Waals surface area contributed by atoms with Gasteiger partial charge in [0, 0.05) is 0 Å². The Labute approximate surface area is 126 Å². The van der Waals surface area contributed by atoms with Crippen molar-refractivity contribution in [2.45, 2.75) is 11.8 Å². The number of rotatable bonds is 3. The summed E-state index contributed by atoms with van der Waals surface area (Å²) in [5, 5.41) is 13.4. The molecule has 0 saturated heterocycles. The van der Waals surface area contributed by atoms with Crippen molar-refractivity contribution in [1.29, 1.82) is 0 Å². The Morgan fingerprint density at radius 1 is 1.09 bits per heavy atom. The first-order valence-corrected chi connectivity index (χ1v) is 7.82. The van der Waals surface area contributed by atoms with Crippen molar-refractivity contribution < 1.29 is 13.0 Å². The minimum absolute atomic E-state index is 0.101. The van der Waals surface area contributed by atoms with Gasteiger partial charge in [0.1, 0.15) is 4.90 Å². The average molecular weight is 316 g/mol. The molecule has 3 rings (SSSR count). The van der Waals surface area contributed by atoms with E-state index < -0.39 is 10.1 Å². The predicted molar refractivity (Wildman–Crippen MR) is 79.6 cm³/mol. The van der Waals surface area contributed by atoms with Crippen molar-refractivity contribution in [3.63, 3.8) is 0 Å². The number of aromatic amines is 1. The number of aromatic nitrogens is 4. The van der Waals surface area contributed by atoms with Crippen LogP contribution in [0.4, 0.5) is 0 Å². The lowest BCUT2D eigenvalue weighted by Crippen LogP contribution is -2.03. The van der Waals surface area contributed by atoms with Gasteiger partial charge in [0.15, 0.2) is 0 Å². The highest BCUT2D eigenvalue weighted by atomic mass is 32.2. The van der Waals surface area contributed by atoms with E-state index in [0.717, 1.165) is 11.1 Å². The minimum Gasteiger partial charge on any atom is -0.282 e. The van der Waals surface area contributed by atoms with Gasteiger partial charge in [-0.3, -0.25) is 4.55 Å². The number of benzene rings is 2. The quantitative estimate of drug-likeness (QED) is 0.716. The summed E-state index contributed by atoms with van der Waals surface area (Å²) in [5.41, 5.74) is 2.67. The summed E-state index contributed by atoms with van der Waals surface area (Å²) in [6.07, 6.45) is 0. The van der Waals surface area contributed by atoms with Gasteiger partial charge in [0.25, 0.3) is 10.1 Å². The number of hydrogen-bond acceptors (Lipinski definition) is 5. The number of aryl methyl sites for hydroxylation is 1. The van der Waals surface area contributed by atoms with Gasteiger partial charge >= 0.3 is 0 Å². The lowest BCUT2D eigenvalue weighted by molar-refractivity contribution is 0.483. The van der Waals surface area contributed by atoms with E-state index in [1.165, 1.54) is 6.07 Å². The molecule has 0 spiro atoms. The SMILES string of the molecule is Cc1ccc(-c2cccc(S(=O)(=O)O)c2-c2nn[nH]n2)cc1. The van der Waals surface area contributed by atoms with Crippen molar-refractivity contribution in [3.05, 3.63) is 48.0 Å². The maximum absolute atomic E-state index is 11.7. The average Bonchev–Trinajstić information content (AvgIpc) is 3.00. The van der Waals surface area contributed by atoms with Gasteiger partial charge < -0.3 is 0 Å². The summed E-state index contributed by atoms with van der Waals surface area (Å²) in [4.78, 5) is -0.257. The Hall–Kier alpha value is -2.58. The summed E-state index contributed by atoms with van der Waals surface area (Å²) >= 11 is 0. The van der Waals surface area contributed by atoms with Gasteiger partial charge in [0.05, 0.1) is 5.56 Å². The first kappa shape index (κ1) is 14.4. The van der Waals surface area contributed by atoms with E-state index in [-0.39, 0.29) is 16.3 Å². The van der Waals surface area contributed by atoms with E-state index in [1.54, 1.807) is 12.1 Å². The summed E-state index contributed by atoms with van der Waals surface area (Å²) in [5.74, 6) is 0.101. The molecule has 1 aromatic heterocycles. The summed E-state index contributed by atoms with van der Waals surface area (Å²) in [6, 6.07) is 12.2. The first-order valence-electron chi connectivity index (χ1n) is 6.38. The number of tetrazole rings is 1. The maximum atomic E-state index is 11.7. The van der Waals surface area contributed by atoms with Crippen LogP contribution in [0.2, 0.25) is 0 Å². The molecular weight excluding hydrogens is 304 g/mol. The number of nitrogens with one attached hydrogen (secondary N) is 1. The number of hydrogen-bond donors (Lipinski definition) is 2. The van der Waals surface area contributed by atoms with Gasteiger partial charge in [-0.1, -0.05) is 42.0 Å². The Morgan fingerprint density at radius 3 is 2.41 bits per heavy atom. The number of nitrogens with zero attached hydrogens (tertiary/aromatic N) is 3. The normalized spacial score (nSPS) is 11.5. The molecule has 3 aromatic rings. The summed E-state index contributed by atoms with van der Waals surface area (Å²) in [7, 11) is -4.42. The fourth-order valence-electron chi connectivity index (χ4n) is 2.22. The van der Waals surface area contributed by atoms with Crippen LogP contribution in [0.5, 0.6) is 0 Å². The molecule has 22 heavy (non-hydrogen) atoms. The largest absolute Gasteiger partial charge is 0.295 e. The summed E-state index contributed by atoms with van der Waals surface area (Å²) < 4.78 is 32.8. The van der Waals surface area contributed by atoms with Crippen molar-refractivity contribution >= 4 is 10.1 Å². The molecule has 0 unspecified atom stereocenters. The molecule has 2 N–H and O–H groups in total. The van der Waals surface area contributed by atoms with Crippen molar-refractivity contribution in [2.24, 2.45) is 0 Å². The smallest absolute Gasteiger partial charge is 0.282 e. The van der Waals surface area contributed by atoms with E-state index >= 15 is 0 Å². The van der Waals surface area contributed by atoms with E-state index in [4.69, 9.17) is 0 Å². The fourth-order valence-corrected chi connectivity index (χ4v) is 2.93. The molecule has 2 aromatic carbocycles. The van der Waals surface area contributed by atoms with Crippen LogP contribution < -0.4 is 0 Å². The molecular formula is C14H12N4O3S. The van der Waals surface area contributed by atoms with Crippen molar-refractivity contribution in [3.8, 4) is 22.5 Å². The zero-order chi connectivity index (χ0) is 15.7. The molecule has 0 saturated carbocycles. The van der Waals surface area contributed by atoms with E-state index in [0.29, 0.717) is 5.56 Å². The van der Waals surface area contributed by atoms with Gasteiger partial charge in [-0.2, -0.15) is 13.6 Å². The predicted octanol–water partition coefficient (Wildman–Crippen LogP) is 2.09. The molecule has 0 aliphatic rings. The van der Waals surface area contributed by atoms with Gasteiger partial charge in [0.2, 0.25) is 5.82 Å². The van der Waals surface area contributed by atoms with Crippen LogP contribution in [0.1, 0.15) is 5.56 Å². The third-order valence-electron chi connectivity index (χ3n) is 3.24. The second-order valence-electron chi connectivity index (χ2n) is 4.76. The topological polar surface area (TPSA) is 109 Å². The summed E-state index contributed by atoms with van der Waals surface area (Å²) in [6.45, 7) is 1.96. The lowest BCUT2D eigenvalue weighted by Gasteiger charge is -2.11. The molecule has 0 aliphatic carbocycles. The van der Waals surface area contributed by atoms with Crippen LogP contribution in [0.3, 0.4) is 0 Å².